The van der Waals surface area contributed by atoms with Crippen molar-refractivity contribution in [3.63, 3.8) is 0 Å². The van der Waals surface area contributed by atoms with Gasteiger partial charge in [0.25, 0.3) is 0 Å². The van der Waals surface area contributed by atoms with Crippen LogP contribution < -0.4 is 0 Å². The molecule has 0 radical (unpaired) electrons. The standard InChI is InChI=1S/C16H18N2O/c1-16(2,3)12-9-10-15(19)14(11-12)18-17-13-7-5-4-6-8-13/h4-11,19H,1-3H3. The minimum Gasteiger partial charge on any atom is -0.506 e. The van der Waals surface area contributed by atoms with Crippen molar-refractivity contribution in [2.24, 2.45) is 10.2 Å². The minimum atomic E-state index is 0.0186. The van der Waals surface area contributed by atoms with Crippen molar-refractivity contribution in [3.05, 3.63) is 54.1 Å². The summed E-state index contributed by atoms with van der Waals surface area (Å²) in [4.78, 5) is 0. The summed E-state index contributed by atoms with van der Waals surface area (Å²) in [6.45, 7) is 6.37. The van der Waals surface area contributed by atoms with Crippen LogP contribution in [0.2, 0.25) is 0 Å². The van der Waals surface area contributed by atoms with E-state index in [0.29, 0.717) is 5.69 Å². The summed E-state index contributed by atoms with van der Waals surface area (Å²) in [7, 11) is 0. The Labute approximate surface area is 113 Å². The Kier molecular flexibility index (Phi) is 3.65. The van der Waals surface area contributed by atoms with Gasteiger partial charge in [-0.2, -0.15) is 5.11 Å². The Bertz CT molecular complexity index is 583. The minimum absolute atomic E-state index is 0.0186. The highest BCUT2D eigenvalue weighted by molar-refractivity contribution is 5.54. The number of aromatic hydroxyl groups is 1. The smallest absolute Gasteiger partial charge is 0.143 e. The average molecular weight is 254 g/mol. The molecule has 3 nitrogen and oxygen atoms in total. The molecule has 0 aromatic heterocycles. The second kappa shape index (κ2) is 5.22. The first-order valence-electron chi connectivity index (χ1n) is 6.27. The van der Waals surface area contributed by atoms with E-state index in [0.717, 1.165) is 11.3 Å². The SMILES string of the molecule is CC(C)(C)c1ccc(O)c(N=Nc2ccccc2)c1. The fourth-order valence-corrected chi connectivity index (χ4v) is 1.68. The first-order valence-corrected chi connectivity index (χ1v) is 6.27. The molecule has 0 heterocycles. The third kappa shape index (κ3) is 3.41. The summed E-state index contributed by atoms with van der Waals surface area (Å²) in [5.41, 5.74) is 2.40. The molecule has 0 aliphatic carbocycles. The molecule has 2 aromatic carbocycles. The largest absolute Gasteiger partial charge is 0.506 e. The van der Waals surface area contributed by atoms with E-state index < -0.39 is 0 Å². The molecule has 0 aliphatic rings. The topological polar surface area (TPSA) is 45.0 Å². The highest BCUT2D eigenvalue weighted by Crippen LogP contribution is 2.33. The van der Waals surface area contributed by atoms with Crippen LogP contribution in [0.3, 0.4) is 0 Å². The quantitative estimate of drug-likeness (QED) is 0.744. The zero-order chi connectivity index (χ0) is 13.9. The molecular formula is C16H18N2O. The third-order valence-electron chi connectivity index (χ3n) is 2.87. The van der Waals surface area contributed by atoms with E-state index in [1.807, 2.05) is 42.5 Å². The van der Waals surface area contributed by atoms with E-state index in [2.05, 4.69) is 31.0 Å². The number of hydrogen-bond donors (Lipinski definition) is 1. The second-order valence-corrected chi connectivity index (χ2v) is 5.49. The Morgan fingerprint density at radius 1 is 0.895 bits per heavy atom. The van der Waals surface area contributed by atoms with Crippen LogP contribution in [0.4, 0.5) is 11.4 Å². The van der Waals surface area contributed by atoms with E-state index >= 15 is 0 Å². The van der Waals surface area contributed by atoms with Crippen LogP contribution in [0.15, 0.2) is 58.8 Å². The molecule has 0 unspecified atom stereocenters. The number of azo groups is 1. The van der Waals surface area contributed by atoms with Crippen LogP contribution in [-0.4, -0.2) is 5.11 Å². The molecule has 0 aliphatic heterocycles. The molecule has 19 heavy (non-hydrogen) atoms. The molecule has 0 bridgehead atoms. The number of rotatable bonds is 2. The number of phenolic OH excluding ortho intramolecular Hbond substituents is 1. The molecular weight excluding hydrogens is 236 g/mol. The molecule has 0 atom stereocenters. The van der Waals surface area contributed by atoms with E-state index in [1.54, 1.807) is 6.07 Å². The summed E-state index contributed by atoms with van der Waals surface area (Å²) in [6.07, 6.45) is 0. The molecule has 2 aromatic rings. The van der Waals surface area contributed by atoms with Gasteiger partial charge in [0.1, 0.15) is 11.4 Å². The third-order valence-corrected chi connectivity index (χ3v) is 2.87. The van der Waals surface area contributed by atoms with Crippen LogP contribution in [0.25, 0.3) is 0 Å². The molecule has 98 valence electrons. The Balaban J connectivity index is 2.32. The van der Waals surface area contributed by atoms with Gasteiger partial charge in [-0.1, -0.05) is 45.0 Å². The Hall–Kier alpha value is -2.16. The lowest BCUT2D eigenvalue weighted by atomic mass is 9.87. The predicted octanol–water partition coefficient (Wildman–Crippen LogP) is 5.11. The van der Waals surface area contributed by atoms with Gasteiger partial charge in [-0.15, -0.1) is 5.11 Å². The van der Waals surface area contributed by atoms with Gasteiger partial charge in [0.2, 0.25) is 0 Å². The maximum absolute atomic E-state index is 9.82. The van der Waals surface area contributed by atoms with Crippen LogP contribution in [0, 0.1) is 0 Å². The van der Waals surface area contributed by atoms with Gasteiger partial charge in [-0.25, -0.2) is 0 Å². The van der Waals surface area contributed by atoms with E-state index in [1.165, 1.54) is 0 Å². The molecule has 0 amide bonds. The molecule has 2 rings (SSSR count). The van der Waals surface area contributed by atoms with E-state index in [4.69, 9.17) is 0 Å². The highest BCUT2D eigenvalue weighted by atomic mass is 16.3. The molecule has 0 spiro atoms. The number of hydrogen-bond acceptors (Lipinski definition) is 3. The Morgan fingerprint density at radius 3 is 2.21 bits per heavy atom. The molecule has 0 saturated heterocycles. The average Bonchev–Trinajstić information content (AvgIpc) is 2.37. The molecule has 1 N–H and O–H groups in total. The van der Waals surface area contributed by atoms with Gasteiger partial charge in [-0.3, -0.25) is 0 Å². The van der Waals surface area contributed by atoms with Crippen LogP contribution in [0.5, 0.6) is 5.75 Å². The van der Waals surface area contributed by atoms with Gasteiger partial charge in [0.05, 0.1) is 5.69 Å². The van der Waals surface area contributed by atoms with Crippen molar-refractivity contribution in [1.29, 1.82) is 0 Å². The maximum atomic E-state index is 9.82. The Morgan fingerprint density at radius 2 is 1.58 bits per heavy atom. The second-order valence-electron chi connectivity index (χ2n) is 5.49. The lowest BCUT2D eigenvalue weighted by molar-refractivity contribution is 0.475. The summed E-state index contributed by atoms with van der Waals surface area (Å²) in [5, 5.41) is 18.1. The lowest BCUT2D eigenvalue weighted by Crippen LogP contribution is -2.10. The van der Waals surface area contributed by atoms with Crippen LogP contribution >= 0.6 is 0 Å². The number of benzene rings is 2. The van der Waals surface area contributed by atoms with Crippen LogP contribution in [0.1, 0.15) is 26.3 Å². The van der Waals surface area contributed by atoms with Crippen molar-refractivity contribution >= 4 is 11.4 Å². The van der Waals surface area contributed by atoms with E-state index in [-0.39, 0.29) is 11.2 Å². The monoisotopic (exact) mass is 254 g/mol. The predicted molar refractivity (Wildman–Crippen MR) is 77.4 cm³/mol. The first-order chi connectivity index (χ1) is 8.97. The molecule has 0 fully saturated rings. The van der Waals surface area contributed by atoms with Gasteiger partial charge in [-0.05, 0) is 35.2 Å². The van der Waals surface area contributed by atoms with Crippen molar-refractivity contribution < 1.29 is 5.11 Å². The zero-order valence-electron chi connectivity index (χ0n) is 11.5. The van der Waals surface area contributed by atoms with Crippen molar-refractivity contribution in [1.82, 2.24) is 0 Å². The van der Waals surface area contributed by atoms with E-state index in [9.17, 15) is 5.11 Å². The van der Waals surface area contributed by atoms with Crippen molar-refractivity contribution in [2.45, 2.75) is 26.2 Å². The number of phenols is 1. The van der Waals surface area contributed by atoms with Gasteiger partial charge in [0, 0.05) is 0 Å². The maximum Gasteiger partial charge on any atom is 0.143 e. The molecule has 0 saturated carbocycles. The van der Waals surface area contributed by atoms with Crippen molar-refractivity contribution in [2.75, 3.05) is 0 Å². The molecule has 3 heteroatoms. The van der Waals surface area contributed by atoms with Gasteiger partial charge >= 0.3 is 0 Å². The summed E-state index contributed by atoms with van der Waals surface area (Å²) in [5.74, 6) is 0.146. The fourth-order valence-electron chi connectivity index (χ4n) is 1.68. The summed E-state index contributed by atoms with van der Waals surface area (Å²) >= 11 is 0. The highest BCUT2D eigenvalue weighted by Gasteiger charge is 2.15. The summed E-state index contributed by atoms with van der Waals surface area (Å²) in [6, 6.07) is 14.9. The summed E-state index contributed by atoms with van der Waals surface area (Å²) < 4.78 is 0. The normalized spacial score (nSPS) is 11.9. The zero-order valence-corrected chi connectivity index (χ0v) is 11.5. The number of nitrogens with zero attached hydrogens (tertiary/aromatic N) is 2. The first kappa shape index (κ1) is 13.3. The van der Waals surface area contributed by atoms with Gasteiger partial charge in [0.15, 0.2) is 0 Å². The fraction of sp³-hybridized carbons (Fsp3) is 0.250. The lowest BCUT2D eigenvalue weighted by Gasteiger charge is -2.19. The van der Waals surface area contributed by atoms with Crippen molar-refractivity contribution in [3.8, 4) is 5.75 Å². The van der Waals surface area contributed by atoms with Crippen LogP contribution in [-0.2, 0) is 5.41 Å². The van der Waals surface area contributed by atoms with Gasteiger partial charge < -0.3 is 5.11 Å².